The van der Waals surface area contributed by atoms with Crippen molar-refractivity contribution in [1.82, 2.24) is 4.37 Å². The SMILES string of the molecule is CSc1c(N)nsc1NCCOCC(N)=O. The van der Waals surface area contributed by atoms with Gasteiger partial charge >= 0.3 is 0 Å². The zero-order valence-corrected chi connectivity index (χ0v) is 10.5. The van der Waals surface area contributed by atoms with Crippen LogP contribution in [0.3, 0.4) is 0 Å². The molecule has 1 aromatic heterocycles. The summed E-state index contributed by atoms with van der Waals surface area (Å²) in [5.74, 6) is 0.0740. The Morgan fingerprint density at radius 3 is 3.06 bits per heavy atom. The van der Waals surface area contributed by atoms with Crippen molar-refractivity contribution in [2.75, 3.05) is 37.1 Å². The van der Waals surface area contributed by atoms with E-state index in [-0.39, 0.29) is 6.61 Å². The topological polar surface area (TPSA) is 103 Å². The van der Waals surface area contributed by atoms with Crippen LogP contribution in [0.25, 0.3) is 0 Å². The van der Waals surface area contributed by atoms with Gasteiger partial charge in [-0.3, -0.25) is 4.79 Å². The molecule has 90 valence electrons. The number of carbonyl (C=O) groups excluding carboxylic acids is 1. The molecule has 0 aliphatic carbocycles. The molecule has 8 heteroatoms. The monoisotopic (exact) mass is 262 g/mol. The number of carbonyl (C=O) groups is 1. The molecule has 16 heavy (non-hydrogen) atoms. The number of nitrogens with two attached hydrogens (primary N) is 2. The van der Waals surface area contributed by atoms with Crippen molar-refractivity contribution in [1.29, 1.82) is 0 Å². The average molecular weight is 262 g/mol. The number of aromatic nitrogens is 1. The molecule has 5 N–H and O–H groups in total. The minimum Gasteiger partial charge on any atom is -0.382 e. The summed E-state index contributed by atoms with van der Waals surface area (Å²) in [6.45, 7) is 0.943. The van der Waals surface area contributed by atoms with Gasteiger partial charge in [0.05, 0.1) is 11.5 Å². The number of rotatable bonds is 7. The third kappa shape index (κ3) is 3.87. The summed E-state index contributed by atoms with van der Waals surface area (Å²) in [6.07, 6.45) is 1.94. The lowest BCUT2D eigenvalue weighted by Gasteiger charge is -2.05. The number of nitrogens with one attached hydrogen (secondary N) is 1. The molecule has 0 saturated heterocycles. The number of primary amides is 1. The zero-order valence-electron chi connectivity index (χ0n) is 8.86. The van der Waals surface area contributed by atoms with Gasteiger partial charge in [-0.2, -0.15) is 4.37 Å². The summed E-state index contributed by atoms with van der Waals surface area (Å²) in [7, 11) is 0. The first-order chi connectivity index (χ1) is 7.65. The highest BCUT2D eigenvalue weighted by Gasteiger charge is 2.09. The van der Waals surface area contributed by atoms with E-state index in [0.29, 0.717) is 19.0 Å². The first-order valence-corrected chi connectivity index (χ1v) is 6.54. The third-order valence-electron chi connectivity index (χ3n) is 1.65. The Labute approximate surface area is 102 Å². The molecule has 0 atom stereocenters. The van der Waals surface area contributed by atoms with E-state index >= 15 is 0 Å². The number of anilines is 2. The smallest absolute Gasteiger partial charge is 0.243 e. The maximum absolute atomic E-state index is 10.4. The lowest BCUT2D eigenvalue weighted by atomic mass is 10.5. The van der Waals surface area contributed by atoms with Crippen LogP contribution < -0.4 is 16.8 Å². The van der Waals surface area contributed by atoms with Crippen LogP contribution in [-0.2, 0) is 9.53 Å². The first kappa shape index (κ1) is 13.1. The maximum atomic E-state index is 10.4. The van der Waals surface area contributed by atoms with Gasteiger partial charge in [0.1, 0.15) is 11.6 Å². The summed E-state index contributed by atoms with van der Waals surface area (Å²) in [5.41, 5.74) is 10.6. The Balaban J connectivity index is 2.29. The molecule has 0 aliphatic rings. The Kier molecular flexibility index (Phi) is 5.36. The molecule has 1 rings (SSSR count). The third-order valence-corrected chi connectivity index (χ3v) is 3.42. The van der Waals surface area contributed by atoms with Crippen LogP contribution in [0.1, 0.15) is 0 Å². The van der Waals surface area contributed by atoms with Crippen molar-refractivity contribution in [3.8, 4) is 0 Å². The van der Waals surface area contributed by atoms with Gasteiger partial charge in [-0.05, 0) is 17.8 Å². The van der Waals surface area contributed by atoms with Crippen molar-refractivity contribution < 1.29 is 9.53 Å². The molecule has 1 amide bonds. The van der Waals surface area contributed by atoms with Crippen LogP contribution in [0, 0.1) is 0 Å². The molecule has 0 spiro atoms. The number of hydrogen-bond acceptors (Lipinski definition) is 7. The molecular formula is C8H14N4O2S2. The van der Waals surface area contributed by atoms with E-state index in [1.165, 1.54) is 11.5 Å². The molecule has 0 unspecified atom stereocenters. The molecule has 0 saturated carbocycles. The standard InChI is InChI=1S/C8H14N4O2S2/c1-15-6-7(10)12-16-8(6)11-2-3-14-4-5(9)13/h11H,2-4H2,1H3,(H2,9,13)(H2,10,12). The van der Waals surface area contributed by atoms with Gasteiger partial charge in [0, 0.05) is 6.54 Å². The highest BCUT2D eigenvalue weighted by Crippen LogP contribution is 2.34. The molecular weight excluding hydrogens is 248 g/mol. The van der Waals surface area contributed by atoms with Gasteiger partial charge in [0.25, 0.3) is 0 Å². The van der Waals surface area contributed by atoms with Crippen LogP contribution >= 0.6 is 23.3 Å². The van der Waals surface area contributed by atoms with Gasteiger partial charge in [0.15, 0.2) is 5.82 Å². The van der Waals surface area contributed by atoms with Crippen molar-refractivity contribution in [3.63, 3.8) is 0 Å². The number of nitrogens with zero attached hydrogens (tertiary/aromatic N) is 1. The first-order valence-electron chi connectivity index (χ1n) is 4.54. The van der Waals surface area contributed by atoms with Gasteiger partial charge in [-0.1, -0.05) is 0 Å². The van der Waals surface area contributed by atoms with E-state index < -0.39 is 5.91 Å². The van der Waals surface area contributed by atoms with Crippen LogP contribution in [-0.4, -0.2) is 36.3 Å². The molecule has 6 nitrogen and oxygen atoms in total. The molecule has 0 bridgehead atoms. The van der Waals surface area contributed by atoms with E-state index in [1.54, 1.807) is 11.8 Å². The van der Waals surface area contributed by atoms with E-state index in [4.69, 9.17) is 16.2 Å². The molecule has 1 aromatic rings. The predicted molar refractivity (Wildman–Crippen MR) is 66.8 cm³/mol. The van der Waals surface area contributed by atoms with Gasteiger partial charge < -0.3 is 21.5 Å². The molecule has 0 aliphatic heterocycles. The Hall–Kier alpha value is -0.990. The lowest BCUT2D eigenvalue weighted by molar-refractivity contribution is -0.122. The minimum absolute atomic E-state index is 0.0537. The van der Waals surface area contributed by atoms with E-state index in [9.17, 15) is 4.79 Å². The summed E-state index contributed by atoms with van der Waals surface area (Å²) < 4.78 is 9.04. The second-order valence-corrected chi connectivity index (χ2v) is 4.47. The van der Waals surface area contributed by atoms with E-state index in [0.717, 1.165) is 9.90 Å². The number of nitrogen functional groups attached to an aromatic ring is 1. The maximum Gasteiger partial charge on any atom is 0.243 e. The molecule has 0 fully saturated rings. The fraction of sp³-hybridized carbons (Fsp3) is 0.500. The molecule has 1 heterocycles. The Morgan fingerprint density at radius 1 is 1.69 bits per heavy atom. The van der Waals surface area contributed by atoms with Gasteiger partial charge in [-0.25, -0.2) is 0 Å². The van der Waals surface area contributed by atoms with Crippen molar-refractivity contribution in [2.45, 2.75) is 4.90 Å². The van der Waals surface area contributed by atoms with Crippen LogP contribution in [0.15, 0.2) is 4.90 Å². The normalized spacial score (nSPS) is 10.3. The molecule has 0 aromatic carbocycles. The average Bonchev–Trinajstić information content (AvgIpc) is 2.58. The number of amides is 1. The summed E-state index contributed by atoms with van der Waals surface area (Å²) >= 11 is 2.85. The largest absolute Gasteiger partial charge is 0.382 e. The summed E-state index contributed by atoms with van der Waals surface area (Å²) in [4.78, 5) is 11.3. The van der Waals surface area contributed by atoms with Gasteiger partial charge in [-0.15, -0.1) is 11.8 Å². The fourth-order valence-corrected chi connectivity index (χ4v) is 2.58. The number of thioether (sulfide) groups is 1. The molecule has 0 radical (unpaired) electrons. The second kappa shape index (κ2) is 6.56. The van der Waals surface area contributed by atoms with Crippen molar-refractivity contribution in [2.24, 2.45) is 5.73 Å². The lowest BCUT2D eigenvalue weighted by Crippen LogP contribution is -2.20. The zero-order chi connectivity index (χ0) is 12.0. The van der Waals surface area contributed by atoms with Crippen LogP contribution in [0.4, 0.5) is 10.8 Å². The summed E-state index contributed by atoms with van der Waals surface area (Å²) in [5, 5.41) is 4.06. The predicted octanol–water partition coefficient (Wildman–Crippen LogP) is 0.361. The highest BCUT2D eigenvalue weighted by molar-refractivity contribution is 7.99. The van der Waals surface area contributed by atoms with Crippen molar-refractivity contribution in [3.05, 3.63) is 0 Å². The van der Waals surface area contributed by atoms with Gasteiger partial charge in [0.2, 0.25) is 5.91 Å². The van der Waals surface area contributed by atoms with E-state index in [1.807, 2.05) is 6.26 Å². The fourth-order valence-electron chi connectivity index (χ4n) is 1.01. The number of hydrogen-bond donors (Lipinski definition) is 3. The number of ether oxygens (including phenoxy) is 1. The Morgan fingerprint density at radius 2 is 2.44 bits per heavy atom. The van der Waals surface area contributed by atoms with Crippen LogP contribution in [0.5, 0.6) is 0 Å². The van der Waals surface area contributed by atoms with Crippen molar-refractivity contribution >= 4 is 40.0 Å². The van der Waals surface area contributed by atoms with Crippen LogP contribution in [0.2, 0.25) is 0 Å². The second-order valence-electron chi connectivity index (χ2n) is 2.88. The van der Waals surface area contributed by atoms with E-state index in [2.05, 4.69) is 9.69 Å². The highest BCUT2D eigenvalue weighted by atomic mass is 32.2. The summed E-state index contributed by atoms with van der Waals surface area (Å²) in [6, 6.07) is 0. The quantitative estimate of drug-likeness (QED) is 0.484. The minimum atomic E-state index is -0.466. The Bertz CT molecular complexity index is 356.